The van der Waals surface area contributed by atoms with E-state index in [2.05, 4.69) is 17.0 Å². The molecule has 0 fully saturated rings. The fraction of sp³-hybridized carbons (Fsp3) is 0.286. The Morgan fingerprint density at radius 2 is 2.11 bits per heavy atom. The van der Waals surface area contributed by atoms with Crippen LogP contribution in [0.1, 0.15) is 16.1 Å². The quantitative estimate of drug-likeness (QED) is 0.875. The first-order valence-corrected chi connectivity index (χ1v) is 6.29. The normalized spacial score (nSPS) is 15.2. The summed E-state index contributed by atoms with van der Waals surface area (Å²) in [5, 5.41) is 4.58. The minimum Gasteiger partial charge on any atom is -0.366 e. The number of nitrogens with two attached hydrogens (primary N) is 1. The lowest BCUT2D eigenvalue weighted by atomic mass is 10.0. The highest BCUT2D eigenvalue weighted by Gasteiger charge is 2.18. The number of amides is 1. The zero-order chi connectivity index (χ0) is 13.4. The molecule has 0 bridgehead atoms. The van der Waals surface area contributed by atoms with Crippen LogP contribution in [0.5, 0.6) is 0 Å². The van der Waals surface area contributed by atoms with Crippen LogP contribution in [0.3, 0.4) is 0 Å². The molecule has 0 radical (unpaired) electrons. The number of hydrogen-bond donors (Lipinski definition) is 1. The van der Waals surface area contributed by atoms with Crippen molar-refractivity contribution in [2.24, 2.45) is 5.73 Å². The van der Waals surface area contributed by atoms with E-state index in [4.69, 9.17) is 5.73 Å². The summed E-state index contributed by atoms with van der Waals surface area (Å²) < 4.78 is 2.01. The number of nitrogens with zero attached hydrogens (tertiary/aromatic N) is 3. The summed E-state index contributed by atoms with van der Waals surface area (Å²) in [6.45, 7) is 2.75. The average Bonchev–Trinajstić information content (AvgIpc) is 2.81. The molecule has 98 valence electrons. The van der Waals surface area contributed by atoms with Crippen LogP contribution in [-0.4, -0.2) is 34.2 Å². The molecule has 1 amide bonds. The van der Waals surface area contributed by atoms with Gasteiger partial charge in [-0.25, -0.2) is 0 Å². The maximum absolute atomic E-state index is 11.5. The molecule has 2 N–H and O–H groups in total. The molecule has 5 nitrogen and oxygen atoms in total. The number of fused-ring (bicyclic) bond motifs is 1. The Kier molecular flexibility index (Phi) is 2.83. The van der Waals surface area contributed by atoms with Crippen molar-refractivity contribution in [1.29, 1.82) is 0 Å². The number of rotatable bonds is 2. The molecular weight excluding hydrogens is 240 g/mol. The van der Waals surface area contributed by atoms with Crippen LogP contribution >= 0.6 is 0 Å². The largest absolute Gasteiger partial charge is 0.366 e. The summed E-state index contributed by atoms with van der Waals surface area (Å²) in [6, 6.07) is 9.37. The highest BCUT2D eigenvalue weighted by Crippen LogP contribution is 2.24. The first-order valence-electron chi connectivity index (χ1n) is 6.29. The summed E-state index contributed by atoms with van der Waals surface area (Å²) >= 11 is 0. The van der Waals surface area contributed by atoms with E-state index >= 15 is 0 Å². The number of benzene rings is 1. The zero-order valence-corrected chi connectivity index (χ0v) is 10.8. The maximum atomic E-state index is 11.5. The van der Waals surface area contributed by atoms with Gasteiger partial charge in [0.15, 0.2) is 0 Å². The number of primary amides is 1. The fourth-order valence-electron chi connectivity index (χ4n) is 2.45. The van der Waals surface area contributed by atoms with Crippen molar-refractivity contribution < 1.29 is 4.79 Å². The third-order valence-electron chi connectivity index (χ3n) is 3.46. The van der Waals surface area contributed by atoms with Crippen LogP contribution in [0, 0.1) is 0 Å². The Morgan fingerprint density at radius 1 is 1.32 bits per heavy atom. The molecule has 5 heteroatoms. The molecule has 3 rings (SSSR count). The van der Waals surface area contributed by atoms with E-state index < -0.39 is 5.91 Å². The Morgan fingerprint density at radius 3 is 2.89 bits per heavy atom. The topological polar surface area (TPSA) is 64.2 Å². The zero-order valence-electron chi connectivity index (χ0n) is 10.8. The van der Waals surface area contributed by atoms with Crippen LogP contribution in [-0.2, 0) is 13.1 Å². The molecule has 0 saturated carbocycles. The van der Waals surface area contributed by atoms with E-state index in [0.717, 1.165) is 30.9 Å². The minimum atomic E-state index is -0.418. The molecule has 0 spiro atoms. The second-order valence-electron chi connectivity index (χ2n) is 4.89. The van der Waals surface area contributed by atoms with Crippen molar-refractivity contribution in [3.05, 3.63) is 41.6 Å². The number of carbonyl (C=O) groups is 1. The lowest BCUT2D eigenvalue weighted by Gasteiger charge is -2.22. The van der Waals surface area contributed by atoms with Crippen molar-refractivity contribution >= 4 is 5.91 Å². The van der Waals surface area contributed by atoms with Gasteiger partial charge in [-0.05, 0) is 19.2 Å². The van der Waals surface area contributed by atoms with E-state index in [0.29, 0.717) is 5.56 Å². The molecule has 0 saturated heterocycles. The smallest absolute Gasteiger partial charge is 0.249 e. The Balaban J connectivity index is 2.06. The Hall–Kier alpha value is -2.14. The van der Waals surface area contributed by atoms with Gasteiger partial charge in [-0.1, -0.05) is 18.2 Å². The lowest BCUT2D eigenvalue weighted by Crippen LogP contribution is -2.30. The monoisotopic (exact) mass is 256 g/mol. The van der Waals surface area contributed by atoms with E-state index in [1.54, 1.807) is 6.07 Å². The van der Waals surface area contributed by atoms with Crippen molar-refractivity contribution in [1.82, 2.24) is 14.7 Å². The van der Waals surface area contributed by atoms with Crippen molar-refractivity contribution in [2.45, 2.75) is 13.1 Å². The fourth-order valence-corrected chi connectivity index (χ4v) is 2.45. The van der Waals surface area contributed by atoms with Crippen molar-refractivity contribution in [2.75, 3.05) is 13.6 Å². The highest BCUT2D eigenvalue weighted by molar-refractivity contribution is 5.99. The minimum absolute atomic E-state index is 0.418. The van der Waals surface area contributed by atoms with Gasteiger partial charge in [-0.2, -0.15) is 5.10 Å². The van der Waals surface area contributed by atoms with Crippen LogP contribution < -0.4 is 5.73 Å². The maximum Gasteiger partial charge on any atom is 0.249 e. The molecule has 1 aliphatic rings. The number of aromatic nitrogens is 2. The molecule has 1 aromatic carbocycles. The highest BCUT2D eigenvalue weighted by atomic mass is 16.1. The number of hydrogen-bond acceptors (Lipinski definition) is 3. The van der Waals surface area contributed by atoms with Gasteiger partial charge >= 0.3 is 0 Å². The predicted octanol–water partition coefficient (Wildman–Crippen LogP) is 1.09. The standard InChI is InChI=1S/C14H16N4O/c1-17-6-7-18-10(9-17)8-13(16-18)11-4-2-3-5-12(11)14(15)19/h2-5,8H,6-7,9H2,1H3,(H2,15,19). The second kappa shape index (κ2) is 4.51. The van der Waals surface area contributed by atoms with Gasteiger partial charge in [0.05, 0.1) is 17.9 Å². The van der Waals surface area contributed by atoms with Crippen molar-refractivity contribution in [3.8, 4) is 11.3 Å². The Bertz CT molecular complexity index is 632. The van der Waals surface area contributed by atoms with Gasteiger partial charge in [-0.15, -0.1) is 0 Å². The average molecular weight is 256 g/mol. The first-order chi connectivity index (χ1) is 9.15. The molecule has 2 heterocycles. The molecule has 2 aromatic rings. The van der Waals surface area contributed by atoms with Crippen LogP contribution in [0.2, 0.25) is 0 Å². The molecule has 0 unspecified atom stereocenters. The van der Waals surface area contributed by atoms with Crippen molar-refractivity contribution in [3.63, 3.8) is 0 Å². The molecule has 0 aliphatic carbocycles. The van der Waals surface area contributed by atoms with Gasteiger partial charge in [0.2, 0.25) is 5.91 Å². The van der Waals surface area contributed by atoms with Gasteiger partial charge in [0.1, 0.15) is 0 Å². The summed E-state index contributed by atoms with van der Waals surface area (Å²) in [7, 11) is 2.09. The SMILES string of the molecule is CN1CCn2nc(-c3ccccc3C(N)=O)cc2C1. The molecular formula is C14H16N4O. The van der Waals surface area contributed by atoms with E-state index in [9.17, 15) is 4.79 Å². The summed E-state index contributed by atoms with van der Waals surface area (Å²) in [5.74, 6) is -0.418. The molecule has 0 atom stereocenters. The van der Waals surface area contributed by atoms with E-state index in [-0.39, 0.29) is 0 Å². The van der Waals surface area contributed by atoms with Gasteiger partial charge in [0, 0.05) is 24.2 Å². The second-order valence-corrected chi connectivity index (χ2v) is 4.89. The third kappa shape index (κ3) is 2.13. The summed E-state index contributed by atoms with van der Waals surface area (Å²) in [5.41, 5.74) is 8.73. The molecule has 19 heavy (non-hydrogen) atoms. The van der Waals surface area contributed by atoms with Gasteiger partial charge < -0.3 is 5.73 Å². The van der Waals surface area contributed by atoms with E-state index in [1.807, 2.05) is 28.9 Å². The Labute approximate surface area is 111 Å². The predicted molar refractivity (Wildman–Crippen MR) is 72.5 cm³/mol. The number of carbonyl (C=O) groups excluding carboxylic acids is 1. The lowest BCUT2D eigenvalue weighted by molar-refractivity contribution is 0.100. The third-order valence-corrected chi connectivity index (χ3v) is 3.46. The van der Waals surface area contributed by atoms with Gasteiger partial charge in [-0.3, -0.25) is 14.4 Å². The van der Waals surface area contributed by atoms with Crippen LogP contribution in [0.15, 0.2) is 30.3 Å². The van der Waals surface area contributed by atoms with Crippen LogP contribution in [0.4, 0.5) is 0 Å². The number of likely N-dealkylation sites (N-methyl/N-ethyl adjacent to an activating group) is 1. The van der Waals surface area contributed by atoms with E-state index in [1.165, 1.54) is 5.69 Å². The first kappa shape index (κ1) is 11.9. The summed E-state index contributed by atoms with van der Waals surface area (Å²) in [6.07, 6.45) is 0. The molecule has 1 aromatic heterocycles. The van der Waals surface area contributed by atoms with Crippen LogP contribution in [0.25, 0.3) is 11.3 Å². The summed E-state index contributed by atoms with van der Waals surface area (Å²) in [4.78, 5) is 13.7. The van der Waals surface area contributed by atoms with Gasteiger partial charge in [0.25, 0.3) is 0 Å². The molecule has 1 aliphatic heterocycles.